The largest absolute Gasteiger partial charge is 0.453 e. The van der Waals surface area contributed by atoms with Gasteiger partial charge in [-0.15, -0.1) is 0 Å². The maximum Gasteiger partial charge on any atom is 0.406 e. The Morgan fingerprint density at radius 2 is 2.20 bits per heavy atom. The minimum absolute atomic E-state index is 0.127. The van der Waals surface area contributed by atoms with Crippen molar-refractivity contribution in [2.75, 3.05) is 13.7 Å². The summed E-state index contributed by atoms with van der Waals surface area (Å²) >= 11 is 0. The maximum absolute atomic E-state index is 11.6. The molecule has 1 aliphatic heterocycles. The van der Waals surface area contributed by atoms with Crippen molar-refractivity contribution in [1.29, 1.82) is 0 Å². The molecule has 0 spiro atoms. The average Bonchev–Trinajstić information content (AvgIpc) is 2.76. The molecule has 1 rings (SSSR count). The van der Waals surface area contributed by atoms with E-state index in [0.29, 0.717) is 18.9 Å². The molecule has 8 nitrogen and oxygen atoms in total. The number of hydrogen-bond donors (Lipinski definition) is 3. The summed E-state index contributed by atoms with van der Waals surface area (Å²) in [5.74, 6) is 0.256. The van der Waals surface area contributed by atoms with Crippen LogP contribution in [0.4, 0.5) is 4.79 Å². The summed E-state index contributed by atoms with van der Waals surface area (Å²) < 4.78 is 4.45. The number of amides is 2. The number of ether oxygens (including phenoxy) is 1. The van der Waals surface area contributed by atoms with Crippen molar-refractivity contribution in [3.05, 3.63) is 0 Å². The van der Waals surface area contributed by atoms with Crippen LogP contribution in [0.2, 0.25) is 0 Å². The van der Waals surface area contributed by atoms with Crippen LogP contribution in [0.1, 0.15) is 33.1 Å². The molecule has 0 aromatic rings. The quantitative estimate of drug-likeness (QED) is 0.372. The number of aliphatic imine (C=N–C) groups is 1. The number of rotatable bonds is 6. The number of methoxy groups -OCH3 is 1. The van der Waals surface area contributed by atoms with Crippen molar-refractivity contribution in [3.63, 3.8) is 0 Å². The summed E-state index contributed by atoms with van der Waals surface area (Å²) in [5.41, 5.74) is 3.54. The molecule has 0 saturated carbocycles. The molecule has 0 aromatic heterocycles. The monoisotopic (exact) mass is 283 g/mol. The molecule has 8 heteroatoms. The van der Waals surface area contributed by atoms with E-state index in [1.807, 2.05) is 13.8 Å². The number of guanidine groups is 1. The van der Waals surface area contributed by atoms with Crippen LogP contribution in [0, 0.1) is 0 Å². The zero-order valence-corrected chi connectivity index (χ0v) is 12.0. The van der Waals surface area contributed by atoms with E-state index in [4.69, 9.17) is 0 Å². The number of alkyl carbamates (subject to hydrolysis) is 1. The Kier molecular flexibility index (Phi) is 6.48. The molecule has 1 atom stereocenters. The maximum atomic E-state index is 11.6. The lowest BCUT2D eigenvalue weighted by molar-refractivity contribution is -0.120. The van der Waals surface area contributed by atoms with Crippen LogP contribution in [-0.4, -0.2) is 43.4 Å². The standard InChI is InChI=1S/C12H21N5O3/c1-8(2)16-17-11-14-9(10(18)15-11)6-4-5-7-13-12(19)20-3/h9H,4-7H2,1-3H3,(H,13,19)(H2,14,15,17,18). The van der Waals surface area contributed by atoms with Crippen molar-refractivity contribution in [3.8, 4) is 0 Å². The van der Waals surface area contributed by atoms with E-state index < -0.39 is 6.09 Å². The number of unbranched alkanes of at least 4 members (excludes halogenated alkanes) is 1. The second-order valence-corrected chi connectivity index (χ2v) is 4.57. The molecule has 112 valence electrons. The van der Waals surface area contributed by atoms with Crippen LogP contribution in [-0.2, 0) is 9.53 Å². The highest BCUT2D eigenvalue weighted by Crippen LogP contribution is 2.08. The SMILES string of the molecule is COC(=O)NCCCCC1N=C(NN=C(C)C)NC1=O. The summed E-state index contributed by atoms with van der Waals surface area (Å²) in [6.45, 7) is 4.21. The smallest absolute Gasteiger partial charge is 0.406 e. The van der Waals surface area contributed by atoms with E-state index in [1.165, 1.54) is 7.11 Å². The molecule has 20 heavy (non-hydrogen) atoms. The van der Waals surface area contributed by atoms with Gasteiger partial charge >= 0.3 is 6.09 Å². The molecule has 1 unspecified atom stereocenters. The van der Waals surface area contributed by atoms with Crippen molar-refractivity contribution < 1.29 is 14.3 Å². The van der Waals surface area contributed by atoms with Gasteiger partial charge < -0.3 is 10.1 Å². The van der Waals surface area contributed by atoms with E-state index in [-0.39, 0.29) is 11.9 Å². The second kappa shape index (κ2) is 8.13. The minimum Gasteiger partial charge on any atom is -0.453 e. The third-order valence-corrected chi connectivity index (χ3v) is 2.57. The zero-order valence-electron chi connectivity index (χ0n) is 12.0. The lowest BCUT2D eigenvalue weighted by Crippen LogP contribution is -2.35. The van der Waals surface area contributed by atoms with E-state index in [9.17, 15) is 9.59 Å². The lowest BCUT2D eigenvalue weighted by Gasteiger charge is -2.05. The van der Waals surface area contributed by atoms with Crippen LogP contribution in [0.15, 0.2) is 10.1 Å². The Morgan fingerprint density at radius 3 is 2.85 bits per heavy atom. The first-order valence-electron chi connectivity index (χ1n) is 6.50. The van der Waals surface area contributed by atoms with Gasteiger partial charge in [0.25, 0.3) is 5.91 Å². The van der Waals surface area contributed by atoms with Gasteiger partial charge in [0.1, 0.15) is 6.04 Å². The Morgan fingerprint density at radius 1 is 1.45 bits per heavy atom. The van der Waals surface area contributed by atoms with E-state index in [2.05, 4.69) is 30.9 Å². The van der Waals surface area contributed by atoms with Crippen molar-refractivity contribution in [2.45, 2.75) is 39.2 Å². The number of carbonyl (C=O) groups is 2. The summed E-state index contributed by atoms with van der Waals surface area (Å²) in [5, 5.41) is 9.19. The van der Waals surface area contributed by atoms with Gasteiger partial charge in [-0.3, -0.25) is 10.1 Å². The van der Waals surface area contributed by atoms with Gasteiger partial charge in [0.2, 0.25) is 5.96 Å². The first-order chi connectivity index (χ1) is 9.52. The van der Waals surface area contributed by atoms with Crippen molar-refractivity contribution in [2.24, 2.45) is 10.1 Å². The summed E-state index contributed by atoms with van der Waals surface area (Å²) in [4.78, 5) is 26.7. The zero-order chi connectivity index (χ0) is 15.0. The lowest BCUT2D eigenvalue weighted by atomic mass is 10.1. The molecule has 0 saturated heterocycles. The normalized spacial score (nSPS) is 17.1. The first kappa shape index (κ1) is 15.9. The minimum atomic E-state index is -0.444. The molecule has 0 bridgehead atoms. The van der Waals surface area contributed by atoms with Crippen molar-refractivity contribution in [1.82, 2.24) is 16.1 Å². The fourth-order valence-corrected chi connectivity index (χ4v) is 1.59. The molecular formula is C12H21N5O3. The predicted octanol–water partition coefficient (Wildman–Crippen LogP) is 0.353. The summed E-state index contributed by atoms with van der Waals surface area (Å²) in [6.07, 6.45) is 1.74. The number of nitrogens with zero attached hydrogens (tertiary/aromatic N) is 2. The van der Waals surface area contributed by atoms with Gasteiger partial charge in [-0.1, -0.05) is 0 Å². The van der Waals surface area contributed by atoms with Crippen LogP contribution in [0.25, 0.3) is 0 Å². The van der Waals surface area contributed by atoms with E-state index in [1.54, 1.807) is 0 Å². The number of hydrogen-bond acceptors (Lipinski definition) is 6. The molecule has 3 N–H and O–H groups in total. The van der Waals surface area contributed by atoms with Gasteiger partial charge in [0.15, 0.2) is 0 Å². The van der Waals surface area contributed by atoms with Gasteiger partial charge in [-0.05, 0) is 33.1 Å². The van der Waals surface area contributed by atoms with Gasteiger partial charge in [-0.2, -0.15) is 5.10 Å². The highest BCUT2D eigenvalue weighted by atomic mass is 16.5. The van der Waals surface area contributed by atoms with Crippen LogP contribution < -0.4 is 16.1 Å². The van der Waals surface area contributed by atoms with Gasteiger partial charge in [0.05, 0.1) is 7.11 Å². The Labute approximate surface area is 118 Å². The molecule has 0 radical (unpaired) electrons. The van der Waals surface area contributed by atoms with Crippen molar-refractivity contribution >= 4 is 23.7 Å². The van der Waals surface area contributed by atoms with Gasteiger partial charge in [-0.25, -0.2) is 15.2 Å². The molecule has 0 fully saturated rings. The topological polar surface area (TPSA) is 104 Å². The fourth-order valence-electron chi connectivity index (χ4n) is 1.59. The van der Waals surface area contributed by atoms with Crippen LogP contribution in [0.5, 0.6) is 0 Å². The fraction of sp³-hybridized carbons (Fsp3) is 0.667. The molecular weight excluding hydrogens is 262 g/mol. The summed E-state index contributed by atoms with van der Waals surface area (Å²) in [6, 6.07) is -0.386. The van der Waals surface area contributed by atoms with Crippen LogP contribution >= 0.6 is 0 Å². The number of nitrogens with one attached hydrogen (secondary N) is 3. The Bertz CT molecular complexity index is 415. The highest BCUT2D eigenvalue weighted by molar-refractivity contribution is 6.04. The highest BCUT2D eigenvalue weighted by Gasteiger charge is 2.25. The van der Waals surface area contributed by atoms with Gasteiger partial charge in [0, 0.05) is 12.3 Å². The third kappa shape index (κ3) is 5.68. The molecule has 1 aliphatic rings. The van der Waals surface area contributed by atoms with E-state index in [0.717, 1.165) is 18.6 Å². The summed E-state index contributed by atoms with van der Waals surface area (Å²) in [7, 11) is 1.32. The Hall–Kier alpha value is -2.12. The predicted molar refractivity (Wildman–Crippen MR) is 75.5 cm³/mol. The second-order valence-electron chi connectivity index (χ2n) is 4.57. The molecule has 2 amide bonds. The van der Waals surface area contributed by atoms with Crippen LogP contribution in [0.3, 0.4) is 0 Å². The van der Waals surface area contributed by atoms with E-state index >= 15 is 0 Å². The Balaban J connectivity index is 2.24. The molecule has 0 aromatic carbocycles. The third-order valence-electron chi connectivity index (χ3n) is 2.57. The molecule has 1 heterocycles. The number of carbonyl (C=O) groups excluding carboxylic acids is 2. The molecule has 0 aliphatic carbocycles. The first-order valence-corrected chi connectivity index (χ1v) is 6.50. The average molecular weight is 283 g/mol. The number of hydrazone groups is 1.